The predicted octanol–water partition coefficient (Wildman–Crippen LogP) is 4.05. The van der Waals surface area contributed by atoms with Gasteiger partial charge in [0.2, 0.25) is 0 Å². The minimum absolute atomic E-state index is 0.558. The van der Waals surface area contributed by atoms with Crippen molar-refractivity contribution in [2.45, 2.75) is 20.8 Å². The molecule has 0 atom stereocenters. The van der Waals surface area contributed by atoms with Crippen LogP contribution < -0.4 is 0 Å². The van der Waals surface area contributed by atoms with Gasteiger partial charge < -0.3 is 0 Å². The van der Waals surface area contributed by atoms with Gasteiger partial charge in [0.15, 0.2) is 0 Å². The molecule has 2 nitrogen and oxygen atoms in total. The third kappa shape index (κ3) is 4.63. The zero-order valence-electron chi connectivity index (χ0n) is 10.7. The summed E-state index contributed by atoms with van der Waals surface area (Å²) < 4.78 is 11.1. The monoisotopic (exact) mass is 249 g/mol. The Hall–Kier alpha value is -0.625. The summed E-state index contributed by atoms with van der Waals surface area (Å²) in [7, 11) is 3.79. The minimum atomic E-state index is -2.35. The number of rotatable bonds is 6. The van der Waals surface area contributed by atoms with E-state index in [1.807, 2.05) is 56.9 Å². The highest BCUT2D eigenvalue weighted by Gasteiger charge is 2.18. The summed E-state index contributed by atoms with van der Waals surface area (Å²) in [6.45, 7) is 6.99. The first-order valence-electron chi connectivity index (χ1n) is 5.82. The van der Waals surface area contributed by atoms with E-state index < -0.39 is 7.59 Å². The van der Waals surface area contributed by atoms with E-state index in [1.54, 1.807) is 0 Å². The molecule has 4 heteroatoms. The fourth-order valence-corrected chi connectivity index (χ4v) is 3.28. The second-order valence-electron chi connectivity index (χ2n) is 3.66. The Morgan fingerprint density at radius 1 is 1.18 bits per heavy atom. The Morgan fingerprint density at radius 3 is 2.18 bits per heavy atom. The normalized spacial score (nSPS) is 12.8. The van der Waals surface area contributed by atoms with Gasteiger partial charge in [0.25, 0.3) is 0 Å². The predicted molar refractivity (Wildman–Crippen MR) is 76.0 cm³/mol. The van der Waals surface area contributed by atoms with Gasteiger partial charge >= 0.3 is 0 Å². The summed E-state index contributed by atoms with van der Waals surface area (Å²) in [6, 6.07) is 10.1. The molecule has 0 fully saturated rings. The van der Waals surface area contributed by atoms with E-state index in [-0.39, 0.29) is 0 Å². The SMILES string of the molecule is [B-][P+](/C=C(/C)c1ccccc1)(OCC)OCC. The lowest BCUT2D eigenvalue weighted by Gasteiger charge is -2.29. The summed E-state index contributed by atoms with van der Waals surface area (Å²) in [5.74, 6) is 1.93. The van der Waals surface area contributed by atoms with Crippen LogP contribution in [-0.2, 0) is 9.05 Å². The maximum atomic E-state index is 6.15. The van der Waals surface area contributed by atoms with Crippen LogP contribution in [0.1, 0.15) is 26.3 Å². The molecule has 0 aliphatic carbocycles. The minimum Gasteiger partial charge on any atom is -0.260 e. The van der Waals surface area contributed by atoms with Crippen molar-refractivity contribution < 1.29 is 9.05 Å². The van der Waals surface area contributed by atoms with Crippen molar-refractivity contribution in [3.8, 4) is 0 Å². The molecule has 3 radical (unpaired) electrons. The first kappa shape index (κ1) is 14.4. The van der Waals surface area contributed by atoms with Crippen molar-refractivity contribution >= 4 is 20.7 Å². The summed E-state index contributed by atoms with van der Waals surface area (Å²) >= 11 is 0. The van der Waals surface area contributed by atoms with Gasteiger partial charge in [0, 0.05) is 7.59 Å². The van der Waals surface area contributed by atoms with Crippen LogP contribution >= 0.6 is 7.59 Å². The number of hydrogen-bond acceptors (Lipinski definition) is 2. The van der Waals surface area contributed by atoms with Crippen molar-refractivity contribution in [1.29, 1.82) is 0 Å². The Morgan fingerprint density at radius 2 is 1.71 bits per heavy atom. The standard InChI is InChI=1S/C13H19BO2P/c1-4-15-17(14,16-5-2)11-12(3)13-9-7-6-8-10-13/h6-11H,4-5H2,1-3H3/b12-11-. The zero-order chi connectivity index (χ0) is 12.7. The van der Waals surface area contributed by atoms with E-state index in [9.17, 15) is 0 Å². The van der Waals surface area contributed by atoms with Crippen molar-refractivity contribution in [2.24, 2.45) is 0 Å². The second kappa shape index (κ2) is 6.95. The smallest absolute Gasteiger partial charge is 0.0852 e. The van der Waals surface area contributed by atoms with E-state index in [0.29, 0.717) is 13.2 Å². The topological polar surface area (TPSA) is 18.5 Å². The van der Waals surface area contributed by atoms with E-state index in [1.165, 1.54) is 0 Å². The lowest BCUT2D eigenvalue weighted by molar-refractivity contribution is 0.270. The molecular formula is C13H19BO2P. The molecule has 0 saturated heterocycles. The van der Waals surface area contributed by atoms with Crippen LogP contribution in [-0.4, -0.2) is 20.8 Å². The molecule has 0 unspecified atom stereocenters. The largest absolute Gasteiger partial charge is 0.260 e. The molecule has 0 aliphatic rings. The molecule has 0 spiro atoms. The summed E-state index contributed by atoms with van der Waals surface area (Å²) in [4.78, 5) is 0. The molecule has 91 valence electrons. The molecule has 0 amide bonds. The third-order valence-electron chi connectivity index (χ3n) is 2.26. The van der Waals surface area contributed by atoms with Gasteiger partial charge in [-0.05, 0) is 31.9 Å². The van der Waals surface area contributed by atoms with E-state index in [4.69, 9.17) is 16.6 Å². The average molecular weight is 249 g/mol. The van der Waals surface area contributed by atoms with Gasteiger partial charge in [-0.25, -0.2) is 7.57 Å². The molecule has 0 N–H and O–H groups in total. The molecule has 17 heavy (non-hydrogen) atoms. The van der Waals surface area contributed by atoms with Crippen molar-refractivity contribution in [2.75, 3.05) is 13.2 Å². The lowest BCUT2D eigenvalue weighted by atomic mass is 10.1. The maximum absolute atomic E-state index is 6.15. The number of allylic oxidation sites excluding steroid dienone is 1. The molecule has 1 aromatic carbocycles. The van der Waals surface area contributed by atoms with E-state index >= 15 is 0 Å². The Balaban J connectivity index is 2.90. The Bertz CT molecular complexity index is 359. The summed E-state index contributed by atoms with van der Waals surface area (Å²) in [6.07, 6.45) is 0. The van der Waals surface area contributed by atoms with Crippen molar-refractivity contribution in [3.05, 3.63) is 41.7 Å². The molecule has 0 heterocycles. The number of hydrogen-bond donors (Lipinski definition) is 0. The summed E-state index contributed by atoms with van der Waals surface area (Å²) in [5.41, 5.74) is 2.23. The van der Waals surface area contributed by atoms with Crippen molar-refractivity contribution in [1.82, 2.24) is 0 Å². The maximum Gasteiger partial charge on any atom is 0.0852 e. The van der Waals surface area contributed by atoms with E-state index in [0.717, 1.165) is 11.1 Å². The fourth-order valence-electron chi connectivity index (χ4n) is 1.56. The van der Waals surface area contributed by atoms with Gasteiger partial charge in [-0.3, -0.25) is 9.05 Å². The fraction of sp³-hybridized carbons (Fsp3) is 0.385. The highest BCUT2D eigenvalue weighted by molar-refractivity contribution is 7.92. The van der Waals surface area contributed by atoms with Crippen LogP contribution in [0.3, 0.4) is 0 Å². The van der Waals surface area contributed by atoms with E-state index in [2.05, 4.69) is 0 Å². The molecule has 0 bridgehead atoms. The Labute approximate surface area is 106 Å². The lowest BCUT2D eigenvalue weighted by Crippen LogP contribution is -2.01. The van der Waals surface area contributed by atoms with Gasteiger partial charge in [-0.1, -0.05) is 30.3 Å². The molecule has 0 saturated carbocycles. The van der Waals surface area contributed by atoms with Crippen LogP contribution in [0.25, 0.3) is 5.57 Å². The summed E-state index contributed by atoms with van der Waals surface area (Å²) in [5, 5.41) is 0. The molecule has 0 aromatic heterocycles. The van der Waals surface area contributed by atoms with Crippen LogP contribution in [0, 0.1) is 0 Å². The average Bonchev–Trinajstić information content (AvgIpc) is 2.30. The Kier molecular flexibility index (Phi) is 5.90. The molecule has 0 aliphatic heterocycles. The van der Waals surface area contributed by atoms with Crippen LogP contribution in [0.4, 0.5) is 0 Å². The second-order valence-corrected chi connectivity index (χ2v) is 5.72. The van der Waals surface area contributed by atoms with Crippen LogP contribution in [0.5, 0.6) is 0 Å². The van der Waals surface area contributed by atoms with Crippen molar-refractivity contribution in [3.63, 3.8) is 0 Å². The van der Waals surface area contributed by atoms with Gasteiger partial charge in [0.1, 0.15) is 0 Å². The highest BCUT2D eigenvalue weighted by Crippen LogP contribution is 2.59. The van der Waals surface area contributed by atoms with Crippen LogP contribution in [0.2, 0.25) is 0 Å². The quantitative estimate of drug-likeness (QED) is 0.559. The first-order chi connectivity index (χ1) is 8.11. The molecular weight excluding hydrogens is 230 g/mol. The zero-order valence-corrected chi connectivity index (χ0v) is 11.6. The first-order valence-corrected chi connectivity index (χ1v) is 7.59. The number of benzene rings is 1. The van der Waals surface area contributed by atoms with Crippen LogP contribution in [0.15, 0.2) is 36.1 Å². The van der Waals surface area contributed by atoms with Gasteiger partial charge in [0.05, 0.1) is 19.0 Å². The highest BCUT2D eigenvalue weighted by atomic mass is 31.2. The van der Waals surface area contributed by atoms with Gasteiger partial charge in [-0.2, -0.15) is 0 Å². The molecule has 1 rings (SSSR count). The third-order valence-corrected chi connectivity index (χ3v) is 4.34. The van der Waals surface area contributed by atoms with Gasteiger partial charge in [-0.15, -0.1) is 0 Å². The molecule has 1 aromatic rings.